The number of nitrogens with one attached hydrogen (secondary N) is 1. The first-order chi connectivity index (χ1) is 19.2. The lowest BCUT2D eigenvalue weighted by atomic mass is 9.89. The van der Waals surface area contributed by atoms with Gasteiger partial charge in [0.05, 0.1) is 17.0 Å². The highest BCUT2D eigenvalue weighted by Gasteiger charge is 2.32. The number of halogens is 1. The number of amides is 1. The van der Waals surface area contributed by atoms with Crippen LogP contribution in [0.3, 0.4) is 0 Å². The van der Waals surface area contributed by atoms with Gasteiger partial charge in [-0.25, -0.2) is 8.42 Å². The summed E-state index contributed by atoms with van der Waals surface area (Å²) in [7, 11) is 0.339. The van der Waals surface area contributed by atoms with Crippen molar-refractivity contribution in [3.05, 3.63) is 82.2 Å². The minimum absolute atomic E-state index is 0.0657. The summed E-state index contributed by atoms with van der Waals surface area (Å²) >= 11 is 8.21. The zero-order valence-electron chi connectivity index (χ0n) is 22.8. The van der Waals surface area contributed by atoms with Crippen molar-refractivity contribution in [2.75, 3.05) is 20.4 Å². The second-order valence-corrected chi connectivity index (χ2v) is 13.7. The molecule has 1 fully saturated rings. The SMILES string of the molecule is CN[C@H]1CC[C@H](N(Cc2cc(-c3ccc(S(C)(=O)=O)cc3)ccc2OC)C(=O)c2sc3ccccc3c2Cl)CC1. The van der Waals surface area contributed by atoms with Crippen LogP contribution in [-0.4, -0.2) is 51.7 Å². The Labute approximate surface area is 244 Å². The zero-order chi connectivity index (χ0) is 28.4. The maximum Gasteiger partial charge on any atom is 0.266 e. The van der Waals surface area contributed by atoms with Gasteiger partial charge in [0.25, 0.3) is 5.91 Å². The predicted octanol–water partition coefficient (Wildman–Crippen LogP) is 6.81. The van der Waals surface area contributed by atoms with Gasteiger partial charge in [0.2, 0.25) is 0 Å². The lowest BCUT2D eigenvalue weighted by molar-refractivity contribution is 0.0604. The summed E-state index contributed by atoms with van der Waals surface area (Å²) in [5, 5.41) is 4.78. The fourth-order valence-electron chi connectivity index (χ4n) is 5.48. The molecule has 40 heavy (non-hydrogen) atoms. The highest BCUT2D eigenvalue weighted by Crippen LogP contribution is 2.38. The van der Waals surface area contributed by atoms with Crippen LogP contribution in [-0.2, 0) is 16.4 Å². The van der Waals surface area contributed by atoms with E-state index in [0.717, 1.165) is 52.5 Å². The molecule has 4 aromatic rings. The van der Waals surface area contributed by atoms with Crippen molar-refractivity contribution in [2.45, 2.75) is 49.2 Å². The van der Waals surface area contributed by atoms with E-state index < -0.39 is 9.84 Å². The molecule has 5 rings (SSSR count). The van der Waals surface area contributed by atoms with Crippen LogP contribution in [0.5, 0.6) is 5.75 Å². The lowest BCUT2D eigenvalue weighted by Gasteiger charge is -2.37. The Morgan fingerprint density at radius 2 is 1.70 bits per heavy atom. The molecule has 1 aliphatic rings. The average molecular weight is 597 g/mol. The van der Waals surface area contributed by atoms with Gasteiger partial charge in [-0.15, -0.1) is 11.3 Å². The fourth-order valence-corrected chi connectivity index (χ4v) is 7.58. The number of fused-ring (bicyclic) bond motifs is 1. The van der Waals surface area contributed by atoms with Gasteiger partial charge in [-0.05, 0) is 74.2 Å². The summed E-state index contributed by atoms with van der Waals surface area (Å²) < 4.78 is 30.6. The van der Waals surface area contributed by atoms with Gasteiger partial charge in [0.15, 0.2) is 9.84 Å². The van der Waals surface area contributed by atoms with Gasteiger partial charge in [0.1, 0.15) is 10.6 Å². The maximum absolute atomic E-state index is 14.2. The van der Waals surface area contributed by atoms with Gasteiger partial charge in [-0.2, -0.15) is 0 Å². The fraction of sp³-hybridized carbons (Fsp3) is 0.323. The van der Waals surface area contributed by atoms with Crippen LogP contribution in [0.4, 0.5) is 0 Å². The Hall–Kier alpha value is -2.91. The summed E-state index contributed by atoms with van der Waals surface area (Å²) in [6.45, 7) is 0.372. The predicted molar refractivity (Wildman–Crippen MR) is 163 cm³/mol. The minimum atomic E-state index is -3.28. The Kier molecular flexibility index (Phi) is 8.52. The Balaban J connectivity index is 1.52. The van der Waals surface area contributed by atoms with Crippen LogP contribution in [0.15, 0.2) is 71.6 Å². The molecule has 1 amide bonds. The summed E-state index contributed by atoms with van der Waals surface area (Å²) in [6, 6.07) is 21.1. The van der Waals surface area contributed by atoms with E-state index in [4.69, 9.17) is 16.3 Å². The first kappa shape index (κ1) is 28.6. The third kappa shape index (κ3) is 5.91. The molecule has 0 saturated heterocycles. The Morgan fingerprint density at radius 3 is 2.33 bits per heavy atom. The normalized spacial score (nSPS) is 17.6. The maximum atomic E-state index is 14.2. The number of hydrogen-bond donors (Lipinski definition) is 1. The molecule has 0 radical (unpaired) electrons. The number of benzene rings is 3. The van der Waals surface area contributed by atoms with Gasteiger partial charge in [-0.3, -0.25) is 4.79 Å². The topological polar surface area (TPSA) is 75.7 Å². The third-order valence-corrected chi connectivity index (χ3v) is 10.6. The molecule has 3 aromatic carbocycles. The monoisotopic (exact) mass is 596 g/mol. The molecule has 9 heteroatoms. The van der Waals surface area contributed by atoms with Crippen molar-refractivity contribution < 1.29 is 17.9 Å². The molecule has 1 N–H and O–H groups in total. The summed E-state index contributed by atoms with van der Waals surface area (Å²) in [5.74, 6) is 0.629. The van der Waals surface area contributed by atoms with E-state index in [1.54, 1.807) is 31.4 Å². The standard InChI is InChI=1S/C31H33ClN2O4S2/c1-33-23-11-13-24(14-12-23)34(31(35)30-29(32)26-6-4-5-7-28(26)39-30)19-22-18-21(10-17-27(22)38-2)20-8-15-25(16-9-20)40(3,36)37/h4-10,15-18,23-24,33H,11-14,19H2,1-3H3/t23-,24-. The summed E-state index contributed by atoms with van der Waals surface area (Å²) in [5.41, 5.74) is 2.69. The van der Waals surface area contributed by atoms with Gasteiger partial charge in [-0.1, -0.05) is 48.0 Å². The van der Waals surface area contributed by atoms with Crippen molar-refractivity contribution in [1.82, 2.24) is 10.2 Å². The summed E-state index contributed by atoms with van der Waals surface area (Å²) in [6.07, 6.45) is 4.99. The second kappa shape index (κ2) is 11.9. The van der Waals surface area contributed by atoms with Gasteiger partial charge >= 0.3 is 0 Å². The molecule has 0 spiro atoms. The number of nitrogens with zero attached hydrogens (tertiary/aromatic N) is 1. The van der Waals surface area contributed by atoms with Crippen LogP contribution >= 0.6 is 22.9 Å². The molecule has 1 aliphatic carbocycles. The number of carbonyl (C=O) groups is 1. The zero-order valence-corrected chi connectivity index (χ0v) is 25.2. The Morgan fingerprint density at radius 1 is 1.02 bits per heavy atom. The molecule has 0 bridgehead atoms. The Bertz CT molecular complexity index is 1630. The van der Waals surface area contributed by atoms with Gasteiger partial charge < -0.3 is 15.0 Å². The number of thiophene rings is 1. The lowest BCUT2D eigenvalue weighted by Crippen LogP contribution is -2.44. The van der Waals surface area contributed by atoms with Gasteiger partial charge in [0, 0.05) is 40.5 Å². The van der Waals surface area contributed by atoms with E-state index in [-0.39, 0.29) is 16.8 Å². The molecule has 210 valence electrons. The smallest absolute Gasteiger partial charge is 0.266 e. The van der Waals surface area contributed by atoms with Crippen molar-refractivity contribution in [3.8, 4) is 16.9 Å². The van der Waals surface area contributed by atoms with Crippen LogP contribution in [0.1, 0.15) is 40.9 Å². The third-order valence-electron chi connectivity index (χ3n) is 7.77. The number of methoxy groups -OCH3 is 1. The van der Waals surface area contributed by atoms with Crippen LogP contribution < -0.4 is 10.1 Å². The van der Waals surface area contributed by atoms with E-state index in [9.17, 15) is 13.2 Å². The van der Waals surface area contributed by atoms with Crippen molar-refractivity contribution in [3.63, 3.8) is 0 Å². The molecular formula is C31H33ClN2O4S2. The first-order valence-electron chi connectivity index (χ1n) is 13.3. The van der Waals surface area contributed by atoms with E-state index in [2.05, 4.69) is 5.32 Å². The quantitative estimate of drug-likeness (QED) is 0.242. The molecule has 0 unspecified atom stereocenters. The van der Waals surface area contributed by atoms with Crippen molar-refractivity contribution in [2.24, 2.45) is 0 Å². The molecule has 6 nitrogen and oxygen atoms in total. The molecule has 0 aliphatic heterocycles. The largest absolute Gasteiger partial charge is 0.496 e. The van der Waals surface area contributed by atoms with Crippen LogP contribution in [0.25, 0.3) is 21.2 Å². The number of ether oxygens (including phenoxy) is 1. The van der Waals surface area contributed by atoms with Crippen LogP contribution in [0, 0.1) is 0 Å². The number of sulfone groups is 1. The average Bonchev–Trinajstić information content (AvgIpc) is 3.31. The number of carbonyl (C=O) groups excluding carboxylic acids is 1. The van der Waals surface area contributed by atoms with E-state index in [0.29, 0.717) is 28.2 Å². The van der Waals surface area contributed by atoms with Crippen LogP contribution in [0.2, 0.25) is 5.02 Å². The first-order valence-corrected chi connectivity index (χ1v) is 16.4. The summed E-state index contributed by atoms with van der Waals surface area (Å²) in [4.78, 5) is 17.0. The highest BCUT2D eigenvalue weighted by atomic mass is 35.5. The molecule has 1 saturated carbocycles. The van der Waals surface area contributed by atoms with Crippen molar-refractivity contribution >= 4 is 48.8 Å². The molecule has 1 aromatic heterocycles. The second-order valence-electron chi connectivity index (χ2n) is 10.3. The van der Waals surface area contributed by atoms with E-state index in [1.807, 2.05) is 54.4 Å². The molecular weight excluding hydrogens is 564 g/mol. The van der Waals surface area contributed by atoms with E-state index >= 15 is 0 Å². The molecule has 0 atom stereocenters. The molecule has 1 heterocycles. The number of rotatable bonds is 8. The highest BCUT2D eigenvalue weighted by molar-refractivity contribution is 7.90. The number of hydrogen-bond acceptors (Lipinski definition) is 6. The minimum Gasteiger partial charge on any atom is -0.496 e. The van der Waals surface area contributed by atoms with E-state index in [1.165, 1.54) is 17.6 Å². The van der Waals surface area contributed by atoms with Crippen molar-refractivity contribution in [1.29, 1.82) is 0 Å².